The maximum absolute atomic E-state index is 12.8. The Morgan fingerprint density at radius 3 is 2.53 bits per heavy atom. The van der Waals surface area contributed by atoms with Crippen LogP contribution >= 0.6 is 0 Å². The Morgan fingerprint density at radius 1 is 1.21 bits per heavy atom. The van der Waals surface area contributed by atoms with Gasteiger partial charge in [0.2, 0.25) is 0 Å². The fourth-order valence-corrected chi connectivity index (χ4v) is 1.87. The zero-order valence-electron chi connectivity index (χ0n) is 10.7. The molecule has 2 aromatic carbocycles. The first-order valence-corrected chi connectivity index (χ1v) is 5.96. The Hall–Kier alpha value is -2.36. The molecule has 0 saturated heterocycles. The molecule has 0 aliphatic heterocycles. The summed E-state index contributed by atoms with van der Waals surface area (Å²) in [4.78, 5) is 2.03. The fraction of sp³-hybridized carbons (Fsp3) is 0.133. The van der Waals surface area contributed by atoms with Crippen LogP contribution in [0.1, 0.15) is 11.1 Å². The van der Waals surface area contributed by atoms with Crippen molar-refractivity contribution in [1.29, 1.82) is 5.41 Å². The predicted octanol–water partition coefficient (Wildman–Crippen LogP) is 2.75. The number of nitrogens with one attached hydrogen (secondary N) is 1. The molecule has 19 heavy (non-hydrogen) atoms. The molecule has 98 valence electrons. The summed E-state index contributed by atoms with van der Waals surface area (Å²) < 4.78 is 12.8. The van der Waals surface area contributed by atoms with Gasteiger partial charge in [0.05, 0.1) is 0 Å². The zero-order valence-corrected chi connectivity index (χ0v) is 10.7. The van der Waals surface area contributed by atoms with Crippen LogP contribution in [0, 0.1) is 11.2 Å². The van der Waals surface area contributed by atoms with E-state index in [-0.39, 0.29) is 11.7 Å². The lowest BCUT2D eigenvalue weighted by Crippen LogP contribution is -2.18. The Balaban J connectivity index is 2.15. The molecule has 3 N–H and O–H groups in total. The number of nitrogens with two attached hydrogens (primary N) is 1. The van der Waals surface area contributed by atoms with Crippen molar-refractivity contribution in [2.24, 2.45) is 5.73 Å². The second kappa shape index (κ2) is 5.52. The van der Waals surface area contributed by atoms with Crippen molar-refractivity contribution in [3.05, 3.63) is 65.5 Å². The summed E-state index contributed by atoms with van der Waals surface area (Å²) in [6.07, 6.45) is 0. The average molecular weight is 257 g/mol. The van der Waals surface area contributed by atoms with E-state index in [1.807, 2.05) is 30.1 Å². The molecular formula is C15H16FN3. The van der Waals surface area contributed by atoms with E-state index < -0.39 is 0 Å². The van der Waals surface area contributed by atoms with Crippen LogP contribution in [0.25, 0.3) is 0 Å². The smallest absolute Gasteiger partial charge is 0.123 e. The van der Waals surface area contributed by atoms with Crippen molar-refractivity contribution in [1.82, 2.24) is 0 Å². The van der Waals surface area contributed by atoms with Gasteiger partial charge in [-0.1, -0.05) is 24.3 Å². The second-order valence-electron chi connectivity index (χ2n) is 4.45. The topological polar surface area (TPSA) is 53.1 Å². The Labute approximate surface area is 112 Å². The van der Waals surface area contributed by atoms with Gasteiger partial charge in [-0.2, -0.15) is 0 Å². The molecule has 0 radical (unpaired) electrons. The number of nitrogen functional groups attached to an aromatic ring is 1. The Kier molecular flexibility index (Phi) is 3.80. The van der Waals surface area contributed by atoms with Crippen LogP contribution in [0.4, 0.5) is 10.1 Å². The van der Waals surface area contributed by atoms with Gasteiger partial charge < -0.3 is 10.6 Å². The third-order valence-corrected chi connectivity index (χ3v) is 2.93. The first-order valence-electron chi connectivity index (χ1n) is 5.96. The highest BCUT2D eigenvalue weighted by Gasteiger charge is 2.04. The molecule has 0 unspecified atom stereocenters. The van der Waals surface area contributed by atoms with E-state index in [0.29, 0.717) is 12.1 Å². The van der Waals surface area contributed by atoms with Crippen molar-refractivity contribution >= 4 is 11.5 Å². The molecule has 2 aromatic rings. The van der Waals surface area contributed by atoms with Gasteiger partial charge in [-0.3, -0.25) is 5.41 Å². The summed E-state index contributed by atoms with van der Waals surface area (Å²) in [5.41, 5.74) is 8.17. The van der Waals surface area contributed by atoms with E-state index in [0.717, 1.165) is 11.3 Å². The molecule has 0 aliphatic rings. The lowest BCUT2D eigenvalue weighted by Gasteiger charge is -2.20. The molecule has 2 rings (SSSR count). The number of benzene rings is 2. The van der Waals surface area contributed by atoms with E-state index in [2.05, 4.69) is 0 Å². The summed E-state index contributed by atoms with van der Waals surface area (Å²) in [5, 5.41) is 7.44. The molecule has 0 fully saturated rings. The minimum Gasteiger partial charge on any atom is -0.384 e. The number of hydrogen-bond donors (Lipinski definition) is 2. The molecule has 4 heteroatoms. The number of anilines is 1. The molecule has 0 atom stereocenters. The van der Waals surface area contributed by atoms with Crippen molar-refractivity contribution < 1.29 is 4.39 Å². The van der Waals surface area contributed by atoms with Gasteiger partial charge in [-0.15, -0.1) is 0 Å². The monoisotopic (exact) mass is 257 g/mol. The average Bonchev–Trinajstić information content (AvgIpc) is 2.41. The quantitative estimate of drug-likeness (QED) is 0.653. The first-order chi connectivity index (χ1) is 9.06. The number of hydrogen-bond acceptors (Lipinski definition) is 2. The number of nitrogens with zero attached hydrogens (tertiary/aromatic N) is 1. The SMILES string of the molecule is CN(Cc1ccc(F)cc1)c1cccc(C(=N)N)c1. The minimum atomic E-state index is -0.231. The zero-order chi connectivity index (χ0) is 13.8. The van der Waals surface area contributed by atoms with Crippen LogP contribution in [0.5, 0.6) is 0 Å². The van der Waals surface area contributed by atoms with Gasteiger partial charge in [0.1, 0.15) is 11.7 Å². The molecule has 0 amide bonds. The summed E-state index contributed by atoms with van der Waals surface area (Å²) in [5.74, 6) is -0.179. The molecule has 0 spiro atoms. The Morgan fingerprint density at radius 2 is 1.89 bits per heavy atom. The summed E-state index contributed by atoms with van der Waals surface area (Å²) in [7, 11) is 1.95. The third kappa shape index (κ3) is 3.31. The normalized spacial score (nSPS) is 10.2. The van der Waals surface area contributed by atoms with Crippen LogP contribution in [-0.2, 0) is 6.54 Å². The van der Waals surface area contributed by atoms with E-state index >= 15 is 0 Å². The molecule has 0 aliphatic carbocycles. The second-order valence-corrected chi connectivity index (χ2v) is 4.45. The lowest BCUT2D eigenvalue weighted by molar-refractivity contribution is 0.627. The predicted molar refractivity (Wildman–Crippen MR) is 76.0 cm³/mol. The lowest BCUT2D eigenvalue weighted by atomic mass is 10.1. The Bertz CT molecular complexity index is 578. The van der Waals surface area contributed by atoms with Crippen molar-refractivity contribution in [2.45, 2.75) is 6.54 Å². The van der Waals surface area contributed by atoms with E-state index in [1.54, 1.807) is 18.2 Å². The van der Waals surface area contributed by atoms with Gasteiger partial charge in [0, 0.05) is 24.8 Å². The molecule has 3 nitrogen and oxygen atoms in total. The maximum Gasteiger partial charge on any atom is 0.123 e. The van der Waals surface area contributed by atoms with Gasteiger partial charge in [0.15, 0.2) is 0 Å². The van der Waals surface area contributed by atoms with Crippen LogP contribution in [0.15, 0.2) is 48.5 Å². The summed E-state index contributed by atoms with van der Waals surface area (Å²) >= 11 is 0. The van der Waals surface area contributed by atoms with Crippen LogP contribution < -0.4 is 10.6 Å². The number of halogens is 1. The van der Waals surface area contributed by atoms with E-state index in [9.17, 15) is 4.39 Å². The minimum absolute atomic E-state index is 0.0528. The van der Waals surface area contributed by atoms with E-state index in [1.165, 1.54) is 12.1 Å². The molecule has 0 heterocycles. The maximum atomic E-state index is 12.8. The number of amidine groups is 1. The van der Waals surface area contributed by atoms with Gasteiger partial charge in [0.25, 0.3) is 0 Å². The van der Waals surface area contributed by atoms with Crippen LogP contribution in [-0.4, -0.2) is 12.9 Å². The van der Waals surface area contributed by atoms with E-state index in [4.69, 9.17) is 11.1 Å². The molecule has 0 bridgehead atoms. The molecule has 0 aromatic heterocycles. The largest absolute Gasteiger partial charge is 0.384 e. The number of rotatable bonds is 4. The van der Waals surface area contributed by atoms with Crippen molar-refractivity contribution in [3.8, 4) is 0 Å². The summed E-state index contributed by atoms with van der Waals surface area (Å²) in [6.45, 7) is 0.668. The van der Waals surface area contributed by atoms with Crippen LogP contribution in [0.2, 0.25) is 0 Å². The van der Waals surface area contributed by atoms with Gasteiger partial charge in [-0.05, 0) is 29.8 Å². The molecule has 0 saturated carbocycles. The molecular weight excluding hydrogens is 241 g/mol. The third-order valence-electron chi connectivity index (χ3n) is 2.93. The fourth-order valence-electron chi connectivity index (χ4n) is 1.87. The highest BCUT2D eigenvalue weighted by Crippen LogP contribution is 2.17. The highest BCUT2D eigenvalue weighted by molar-refractivity contribution is 5.95. The van der Waals surface area contributed by atoms with Crippen molar-refractivity contribution in [2.75, 3.05) is 11.9 Å². The standard InChI is InChI=1S/C15H16FN3/c1-19(10-11-5-7-13(16)8-6-11)14-4-2-3-12(9-14)15(17)18/h2-9H,10H2,1H3,(H3,17,18). The highest BCUT2D eigenvalue weighted by atomic mass is 19.1. The summed E-state index contributed by atoms with van der Waals surface area (Å²) in [6, 6.07) is 13.9. The first kappa shape index (κ1) is 13.1. The van der Waals surface area contributed by atoms with Crippen molar-refractivity contribution in [3.63, 3.8) is 0 Å². The van der Waals surface area contributed by atoms with Gasteiger partial charge in [-0.25, -0.2) is 4.39 Å². The van der Waals surface area contributed by atoms with Gasteiger partial charge >= 0.3 is 0 Å². The van der Waals surface area contributed by atoms with Crippen LogP contribution in [0.3, 0.4) is 0 Å².